The van der Waals surface area contributed by atoms with Crippen molar-refractivity contribution in [1.82, 2.24) is 5.32 Å². The number of benzene rings is 2. The molecule has 2 aromatic carbocycles. The number of halogens is 4. The molecule has 29 heavy (non-hydrogen) atoms. The molecule has 0 radical (unpaired) electrons. The fourth-order valence-electron chi connectivity index (χ4n) is 2.20. The van der Waals surface area contributed by atoms with Gasteiger partial charge in [0.05, 0.1) is 13.7 Å². The molecule has 0 aliphatic heterocycles. The quantitative estimate of drug-likeness (QED) is 0.622. The second-order valence-electron chi connectivity index (χ2n) is 6.36. The zero-order valence-electron chi connectivity index (χ0n) is 15.7. The lowest BCUT2D eigenvalue weighted by Gasteiger charge is -2.20. The van der Waals surface area contributed by atoms with Gasteiger partial charge >= 0.3 is 6.18 Å². The summed E-state index contributed by atoms with van der Waals surface area (Å²) in [4.78, 5) is 11.8. The highest BCUT2D eigenvalue weighted by Crippen LogP contribution is 2.40. The van der Waals surface area contributed by atoms with E-state index in [1.807, 2.05) is 0 Å². The van der Waals surface area contributed by atoms with Crippen molar-refractivity contribution in [2.45, 2.75) is 25.2 Å². The van der Waals surface area contributed by atoms with Gasteiger partial charge in [0.2, 0.25) is 5.91 Å². The molecule has 0 bridgehead atoms. The number of hydrogen-bond acceptors (Lipinski definition) is 5. The first-order chi connectivity index (χ1) is 13.1. The van der Waals surface area contributed by atoms with Crippen LogP contribution in [0.1, 0.15) is 18.1 Å². The second-order valence-corrected chi connectivity index (χ2v) is 6.36. The molecule has 160 valence electrons. The smallest absolute Gasteiger partial charge is 0.420 e. The van der Waals surface area contributed by atoms with E-state index in [0.717, 1.165) is 6.07 Å². The van der Waals surface area contributed by atoms with Crippen molar-refractivity contribution in [2.24, 2.45) is 5.73 Å². The maximum Gasteiger partial charge on any atom is 0.420 e. The molecule has 0 fully saturated rings. The summed E-state index contributed by atoms with van der Waals surface area (Å²) in [6, 6.07) is 9.59. The molecule has 0 heterocycles. The van der Waals surface area contributed by atoms with Crippen molar-refractivity contribution < 1.29 is 32.5 Å². The average Bonchev–Trinajstić information content (AvgIpc) is 2.66. The molecule has 1 atom stereocenters. The van der Waals surface area contributed by atoms with Crippen molar-refractivity contribution in [2.75, 3.05) is 13.7 Å². The molecule has 1 amide bonds. The van der Waals surface area contributed by atoms with Gasteiger partial charge in [0, 0.05) is 6.54 Å². The standard InChI is InChI=1S/C19H21F3N2O4.ClH/c1-18(23,11-25)17(26)24-10-12-3-5-13(6-4-12)28-16-8-7-14(27-2)9-15(16)19(20,21)22;/h3-9,25H,10-11,23H2,1-2H3,(H,24,26);1H/t18-;/m1./s1. The van der Waals surface area contributed by atoms with Gasteiger partial charge in [-0.05, 0) is 42.8 Å². The summed E-state index contributed by atoms with van der Waals surface area (Å²) in [7, 11) is 1.28. The predicted molar refractivity (Wildman–Crippen MR) is 103 cm³/mol. The maximum atomic E-state index is 13.2. The van der Waals surface area contributed by atoms with E-state index in [0.29, 0.717) is 5.56 Å². The van der Waals surface area contributed by atoms with Gasteiger partial charge in [-0.3, -0.25) is 4.79 Å². The Morgan fingerprint density at radius 3 is 2.24 bits per heavy atom. The summed E-state index contributed by atoms with van der Waals surface area (Å²) in [6.45, 7) is 1.03. The topological polar surface area (TPSA) is 93.8 Å². The SMILES string of the molecule is COc1ccc(Oc2ccc(CNC(=O)[C@](C)(N)CO)cc2)c(C(F)(F)F)c1.Cl. The number of carbonyl (C=O) groups is 1. The number of ether oxygens (including phenoxy) is 2. The lowest BCUT2D eigenvalue weighted by atomic mass is 10.0. The number of alkyl halides is 3. The highest BCUT2D eigenvalue weighted by Gasteiger charge is 2.35. The van der Waals surface area contributed by atoms with Crippen LogP contribution in [0.25, 0.3) is 0 Å². The number of hydrogen-bond donors (Lipinski definition) is 3. The second kappa shape index (κ2) is 9.82. The molecule has 0 unspecified atom stereocenters. The van der Waals surface area contributed by atoms with E-state index in [-0.39, 0.29) is 36.2 Å². The van der Waals surface area contributed by atoms with Gasteiger partial charge in [0.1, 0.15) is 28.4 Å². The molecular weight excluding hydrogens is 413 g/mol. The van der Waals surface area contributed by atoms with Crippen LogP contribution in [0.5, 0.6) is 17.2 Å². The summed E-state index contributed by atoms with van der Waals surface area (Å²) in [5, 5.41) is 11.6. The molecular formula is C19H22ClF3N2O4. The van der Waals surface area contributed by atoms with E-state index < -0.39 is 29.8 Å². The van der Waals surface area contributed by atoms with Gasteiger partial charge in [-0.15, -0.1) is 12.4 Å². The molecule has 2 rings (SSSR count). The Morgan fingerprint density at radius 1 is 1.14 bits per heavy atom. The molecule has 0 aliphatic rings. The van der Waals surface area contributed by atoms with Gasteiger partial charge in [-0.1, -0.05) is 12.1 Å². The monoisotopic (exact) mass is 434 g/mol. The zero-order valence-corrected chi connectivity index (χ0v) is 16.6. The lowest BCUT2D eigenvalue weighted by Crippen LogP contribution is -2.54. The van der Waals surface area contributed by atoms with Crippen LogP contribution in [0.15, 0.2) is 42.5 Å². The van der Waals surface area contributed by atoms with Crippen molar-refractivity contribution in [3.63, 3.8) is 0 Å². The number of nitrogens with two attached hydrogens (primary N) is 1. The summed E-state index contributed by atoms with van der Waals surface area (Å²) in [5.74, 6) is -0.607. The first-order valence-corrected chi connectivity index (χ1v) is 8.27. The average molecular weight is 435 g/mol. The van der Waals surface area contributed by atoms with Crippen molar-refractivity contribution in [3.05, 3.63) is 53.6 Å². The Bertz CT molecular complexity index is 827. The third-order valence-corrected chi connectivity index (χ3v) is 3.94. The van der Waals surface area contributed by atoms with E-state index in [2.05, 4.69) is 5.32 Å². The third kappa shape index (κ3) is 6.52. The van der Waals surface area contributed by atoms with Crippen LogP contribution >= 0.6 is 12.4 Å². The summed E-state index contributed by atoms with van der Waals surface area (Å²) in [6.07, 6.45) is -4.60. The highest BCUT2D eigenvalue weighted by atomic mass is 35.5. The number of methoxy groups -OCH3 is 1. The van der Waals surface area contributed by atoms with Crippen molar-refractivity contribution in [1.29, 1.82) is 0 Å². The lowest BCUT2D eigenvalue weighted by molar-refractivity contribution is -0.138. The Morgan fingerprint density at radius 2 is 1.72 bits per heavy atom. The molecule has 0 saturated heterocycles. The highest BCUT2D eigenvalue weighted by molar-refractivity contribution is 5.85. The molecule has 0 aliphatic carbocycles. The van der Waals surface area contributed by atoms with Crippen LogP contribution in [-0.2, 0) is 17.5 Å². The number of aliphatic hydroxyl groups excluding tert-OH is 1. The van der Waals surface area contributed by atoms with Crippen LogP contribution in [0.4, 0.5) is 13.2 Å². The summed E-state index contributed by atoms with van der Waals surface area (Å²) in [5.41, 5.74) is 3.95. The minimum Gasteiger partial charge on any atom is -0.497 e. The van der Waals surface area contributed by atoms with Crippen LogP contribution in [-0.4, -0.2) is 30.3 Å². The number of nitrogens with one attached hydrogen (secondary N) is 1. The Balaban J connectivity index is 0.00000420. The van der Waals surface area contributed by atoms with Crippen molar-refractivity contribution in [3.8, 4) is 17.2 Å². The van der Waals surface area contributed by atoms with Gasteiger partial charge in [-0.2, -0.15) is 13.2 Å². The largest absolute Gasteiger partial charge is 0.497 e. The molecule has 0 aromatic heterocycles. The van der Waals surface area contributed by atoms with E-state index in [1.54, 1.807) is 12.1 Å². The number of rotatable bonds is 7. The van der Waals surface area contributed by atoms with Crippen LogP contribution in [0.2, 0.25) is 0 Å². The van der Waals surface area contributed by atoms with E-state index in [1.165, 1.54) is 38.3 Å². The number of aliphatic hydroxyl groups is 1. The normalized spacial score (nSPS) is 13.1. The fourth-order valence-corrected chi connectivity index (χ4v) is 2.20. The molecule has 10 heteroatoms. The van der Waals surface area contributed by atoms with Crippen LogP contribution < -0.4 is 20.5 Å². The summed E-state index contributed by atoms with van der Waals surface area (Å²) < 4.78 is 49.9. The minimum absolute atomic E-state index is 0. The first-order valence-electron chi connectivity index (χ1n) is 8.27. The predicted octanol–water partition coefficient (Wildman–Crippen LogP) is 3.25. The van der Waals surface area contributed by atoms with E-state index in [4.69, 9.17) is 20.3 Å². The molecule has 6 nitrogen and oxygen atoms in total. The van der Waals surface area contributed by atoms with Crippen LogP contribution in [0.3, 0.4) is 0 Å². The Hall–Kier alpha value is -2.49. The van der Waals surface area contributed by atoms with E-state index >= 15 is 0 Å². The Labute approximate surface area is 172 Å². The maximum absolute atomic E-state index is 13.2. The molecule has 0 saturated carbocycles. The van der Waals surface area contributed by atoms with Crippen molar-refractivity contribution >= 4 is 18.3 Å². The first kappa shape index (κ1) is 24.5. The molecule has 2 aromatic rings. The van der Waals surface area contributed by atoms with Gasteiger partial charge in [0.25, 0.3) is 0 Å². The zero-order chi connectivity index (χ0) is 20.9. The summed E-state index contributed by atoms with van der Waals surface area (Å²) >= 11 is 0. The van der Waals surface area contributed by atoms with Crippen LogP contribution in [0, 0.1) is 0 Å². The van der Waals surface area contributed by atoms with Gasteiger partial charge in [0.15, 0.2) is 0 Å². The third-order valence-electron chi connectivity index (χ3n) is 3.94. The van der Waals surface area contributed by atoms with Gasteiger partial charge in [-0.25, -0.2) is 0 Å². The number of carbonyl (C=O) groups excluding carboxylic acids is 1. The molecule has 4 N–H and O–H groups in total. The fraction of sp³-hybridized carbons (Fsp3) is 0.316. The Kier molecular flexibility index (Phi) is 8.31. The van der Waals surface area contributed by atoms with E-state index in [9.17, 15) is 18.0 Å². The van der Waals surface area contributed by atoms with Gasteiger partial charge < -0.3 is 25.6 Å². The molecule has 0 spiro atoms. The minimum atomic E-state index is -4.60. The number of amides is 1.